The van der Waals surface area contributed by atoms with Crippen LogP contribution in [-0.2, 0) is 4.79 Å². The molecule has 1 aromatic carbocycles. The van der Waals surface area contributed by atoms with Gasteiger partial charge in [0.1, 0.15) is 5.75 Å². The number of benzene rings is 1. The van der Waals surface area contributed by atoms with Crippen molar-refractivity contribution in [1.29, 1.82) is 0 Å². The summed E-state index contributed by atoms with van der Waals surface area (Å²) in [6.07, 6.45) is 3.28. The normalized spacial score (nSPS) is 18.4. The number of hydrogen-bond acceptors (Lipinski definition) is 7. The number of furan rings is 1. The maximum Gasteiger partial charge on any atom is 0.289 e. The highest BCUT2D eigenvalue weighted by Gasteiger charge is 2.33. The Morgan fingerprint density at radius 2 is 1.71 bits per heavy atom. The molecule has 0 radical (unpaired) electrons. The molecule has 2 aromatic heterocycles. The van der Waals surface area contributed by atoms with Crippen LogP contribution >= 0.6 is 0 Å². The fourth-order valence-corrected chi connectivity index (χ4v) is 4.74. The molecule has 5 rings (SSSR count). The molecule has 0 bridgehead atoms. The number of carbonyl (C=O) groups excluding carboxylic acids is 2. The van der Waals surface area contributed by atoms with Crippen molar-refractivity contribution in [2.45, 2.75) is 12.8 Å². The van der Waals surface area contributed by atoms with Crippen LogP contribution in [0.3, 0.4) is 0 Å². The Morgan fingerprint density at radius 1 is 0.943 bits per heavy atom. The highest BCUT2D eigenvalue weighted by Crippen LogP contribution is 2.26. The van der Waals surface area contributed by atoms with Crippen LogP contribution in [0.1, 0.15) is 23.4 Å². The number of piperidine rings is 1. The van der Waals surface area contributed by atoms with E-state index >= 15 is 0 Å². The van der Waals surface area contributed by atoms with E-state index in [0.717, 1.165) is 42.2 Å². The van der Waals surface area contributed by atoms with Crippen LogP contribution in [0.15, 0.2) is 59.2 Å². The first kappa shape index (κ1) is 22.9. The largest absolute Gasteiger partial charge is 0.497 e. The van der Waals surface area contributed by atoms with E-state index in [1.165, 1.54) is 6.26 Å². The lowest BCUT2D eigenvalue weighted by atomic mass is 9.96. The van der Waals surface area contributed by atoms with Crippen molar-refractivity contribution in [3.63, 3.8) is 0 Å². The quantitative estimate of drug-likeness (QED) is 0.560. The van der Waals surface area contributed by atoms with Crippen LogP contribution in [0.25, 0.3) is 11.3 Å². The van der Waals surface area contributed by atoms with Crippen LogP contribution in [-0.4, -0.2) is 78.2 Å². The van der Waals surface area contributed by atoms with Crippen LogP contribution in [0.2, 0.25) is 0 Å². The van der Waals surface area contributed by atoms with E-state index in [4.69, 9.17) is 9.15 Å². The number of hydrogen-bond donors (Lipinski definition) is 0. The molecule has 2 aliphatic heterocycles. The number of anilines is 1. The number of amides is 2. The molecule has 0 saturated carbocycles. The van der Waals surface area contributed by atoms with Gasteiger partial charge in [-0.15, -0.1) is 10.2 Å². The summed E-state index contributed by atoms with van der Waals surface area (Å²) in [4.78, 5) is 31.5. The van der Waals surface area contributed by atoms with Gasteiger partial charge in [-0.2, -0.15) is 0 Å². The SMILES string of the molecule is COc1ccc(-c2ccc(N3CCCC(C(=O)N4CCN(C(=O)c5ccco5)CC4)C3)nn2)cc1. The molecular weight excluding hydrogens is 446 g/mol. The van der Waals surface area contributed by atoms with E-state index in [2.05, 4.69) is 15.1 Å². The third-order valence-corrected chi connectivity index (χ3v) is 6.74. The minimum absolute atomic E-state index is 0.0841. The highest BCUT2D eigenvalue weighted by molar-refractivity contribution is 5.91. The number of methoxy groups -OCH3 is 1. The number of ether oxygens (including phenoxy) is 1. The molecule has 2 aliphatic rings. The Balaban J connectivity index is 1.17. The van der Waals surface area contributed by atoms with E-state index in [-0.39, 0.29) is 17.7 Å². The number of nitrogens with zero attached hydrogens (tertiary/aromatic N) is 5. The maximum atomic E-state index is 13.3. The van der Waals surface area contributed by atoms with Crippen molar-refractivity contribution in [3.05, 3.63) is 60.6 Å². The zero-order valence-electron chi connectivity index (χ0n) is 19.8. The maximum absolute atomic E-state index is 13.3. The molecule has 0 spiro atoms. The molecule has 2 amide bonds. The van der Waals surface area contributed by atoms with E-state index in [1.54, 1.807) is 24.1 Å². The van der Waals surface area contributed by atoms with Gasteiger partial charge >= 0.3 is 0 Å². The van der Waals surface area contributed by atoms with Gasteiger partial charge in [-0.25, -0.2) is 0 Å². The predicted molar refractivity (Wildman–Crippen MR) is 130 cm³/mol. The smallest absolute Gasteiger partial charge is 0.289 e. The number of aromatic nitrogens is 2. The number of carbonyl (C=O) groups is 2. The van der Waals surface area contributed by atoms with E-state index in [1.807, 2.05) is 41.3 Å². The monoisotopic (exact) mass is 475 g/mol. The molecule has 2 fully saturated rings. The number of rotatable bonds is 5. The summed E-state index contributed by atoms with van der Waals surface area (Å²) in [6.45, 7) is 3.59. The van der Waals surface area contributed by atoms with E-state index in [9.17, 15) is 9.59 Å². The molecular formula is C26H29N5O4. The summed E-state index contributed by atoms with van der Waals surface area (Å²) in [5, 5.41) is 8.86. The standard InChI is InChI=1S/C26H29N5O4/c1-34-21-8-6-19(7-9-21)22-10-11-24(28-27-22)31-12-2-4-20(18-31)25(32)29-13-15-30(16-14-29)26(33)23-5-3-17-35-23/h3,5-11,17,20H,2,4,12-16,18H2,1H3. The van der Waals surface area contributed by atoms with Gasteiger partial charge in [-0.05, 0) is 61.4 Å². The van der Waals surface area contributed by atoms with E-state index in [0.29, 0.717) is 38.5 Å². The van der Waals surface area contributed by atoms with Gasteiger partial charge < -0.3 is 23.9 Å². The first-order valence-corrected chi connectivity index (χ1v) is 12.0. The molecule has 9 nitrogen and oxygen atoms in total. The van der Waals surface area contributed by atoms with Crippen LogP contribution < -0.4 is 9.64 Å². The summed E-state index contributed by atoms with van der Waals surface area (Å²) in [6, 6.07) is 15.0. The lowest BCUT2D eigenvalue weighted by Gasteiger charge is -2.39. The van der Waals surface area contributed by atoms with Gasteiger partial charge in [-0.3, -0.25) is 9.59 Å². The molecule has 0 N–H and O–H groups in total. The Labute approximate surface area is 204 Å². The molecule has 1 atom stereocenters. The Bertz CT molecular complexity index is 1140. The first-order valence-electron chi connectivity index (χ1n) is 12.0. The molecule has 182 valence electrons. The van der Waals surface area contributed by atoms with Crippen molar-refractivity contribution in [3.8, 4) is 17.0 Å². The highest BCUT2D eigenvalue weighted by atomic mass is 16.5. The lowest BCUT2D eigenvalue weighted by molar-refractivity contribution is -0.137. The zero-order valence-corrected chi connectivity index (χ0v) is 19.8. The fraction of sp³-hybridized carbons (Fsp3) is 0.385. The van der Waals surface area contributed by atoms with Crippen molar-refractivity contribution in [1.82, 2.24) is 20.0 Å². The molecule has 0 aliphatic carbocycles. The second-order valence-corrected chi connectivity index (χ2v) is 8.89. The van der Waals surface area contributed by atoms with Crippen molar-refractivity contribution < 1.29 is 18.7 Å². The Morgan fingerprint density at radius 3 is 2.37 bits per heavy atom. The molecule has 3 aromatic rings. The number of piperazine rings is 1. The van der Waals surface area contributed by atoms with Crippen molar-refractivity contribution >= 4 is 17.6 Å². The summed E-state index contributed by atoms with van der Waals surface area (Å²) in [5.41, 5.74) is 1.77. The Hall–Kier alpha value is -3.88. The van der Waals surface area contributed by atoms with Gasteiger partial charge in [0.15, 0.2) is 11.6 Å². The van der Waals surface area contributed by atoms with E-state index < -0.39 is 0 Å². The summed E-state index contributed by atoms with van der Waals surface area (Å²) in [7, 11) is 1.64. The van der Waals surface area contributed by atoms with Crippen LogP contribution in [0, 0.1) is 5.92 Å². The van der Waals surface area contributed by atoms with Crippen LogP contribution in [0.5, 0.6) is 5.75 Å². The minimum Gasteiger partial charge on any atom is -0.497 e. The summed E-state index contributed by atoms with van der Waals surface area (Å²) >= 11 is 0. The Kier molecular flexibility index (Phi) is 6.65. The molecule has 9 heteroatoms. The summed E-state index contributed by atoms with van der Waals surface area (Å²) in [5.74, 6) is 1.87. The fourth-order valence-electron chi connectivity index (χ4n) is 4.74. The van der Waals surface area contributed by atoms with Gasteiger partial charge in [0.2, 0.25) is 5.91 Å². The topological polar surface area (TPSA) is 92.0 Å². The molecule has 1 unspecified atom stereocenters. The zero-order chi connectivity index (χ0) is 24.2. The van der Waals surface area contributed by atoms with Crippen molar-refractivity contribution in [2.75, 3.05) is 51.3 Å². The molecule has 35 heavy (non-hydrogen) atoms. The third kappa shape index (κ3) is 4.99. The molecule has 4 heterocycles. The van der Waals surface area contributed by atoms with Gasteiger partial charge in [0.25, 0.3) is 5.91 Å². The molecule has 2 saturated heterocycles. The van der Waals surface area contributed by atoms with Crippen molar-refractivity contribution in [2.24, 2.45) is 5.92 Å². The van der Waals surface area contributed by atoms with Gasteiger partial charge in [-0.1, -0.05) is 0 Å². The predicted octanol–water partition coefficient (Wildman–Crippen LogP) is 2.95. The average molecular weight is 476 g/mol. The first-order chi connectivity index (χ1) is 17.1. The second kappa shape index (κ2) is 10.2. The van der Waals surface area contributed by atoms with Gasteiger partial charge in [0.05, 0.1) is 25.0 Å². The summed E-state index contributed by atoms with van der Waals surface area (Å²) < 4.78 is 10.4. The minimum atomic E-state index is -0.123. The van der Waals surface area contributed by atoms with Crippen LogP contribution in [0.4, 0.5) is 5.82 Å². The second-order valence-electron chi connectivity index (χ2n) is 8.89. The van der Waals surface area contributed by atoms with Gasteiger partial charge in [0, 0.05) is 44.8 Å². The average Bonchev–Trinajstić information content (AvgIpc) is 3.48. The lowest BCUT2D eigenvalue weighted by Crippen LogP contribution is -2.53. The third-order valence-electron chi connectivity index (χ3n) is 6.74.